The molecule has 150 valence electrons. The van der Waals surface area contributed by atoms with Gasteiger partial charge in [-0.2, -0.15) is 0 Å². The zero-order valence-corrected chi connectivity index (χ0v) is 15.4. The lowest BCUT2D eigenvalue weighted by atomic mass is 10.1. The van der Waals surface area contributed by atoms with Gasteiger partial charge in [-0.3, -0.25) is 9.59 Å². The van der Waals surface area contributed by atoms with Crippen molar-refractivity contribution in [3.05, 3.63) is 76.4 Å². The maximum Gasteiger partial charge on any atom is 0.336 e. The lowest BCUT2D eigenvalue weighted by Crippen LogP contribution is -2.37. The van der Waals surface area contributed by atoms with Gasteiger partial charge in [0.1, 0.15) is 17.1 Å². The Morgan fingerprint density at radius 3 is 2.52 bits per heavy atom. The molecule has 3 aromatic rings. The average molecular weight is 398 g/mol. The number of amides is 2. The van der Waals surface area contributed by atoms with E-state index >= 15 is 0 Å². The summed E-state index contributed by atoms with van der Waals surface area (Å²) < 4.78 is 23.5. The first-order valence-electron chi connectivity index (χ1n) is 8.94. The Labute approximate surface area is 165 Å². The third-order valence-corrected chi connectivity index (χ3v) is 3.99. The molecule has 8 heteroatoms. The predicted molar refractivity (Wildman–Crippen MR) is 104 cm³/mol. The van der Waals surface area contributed by atoms with E-state index in [4.69, 9.17) is 9.15 Å². The fourth-order valence-corrected chi connectivity index (χ4v) is 2.63. The number of carbonyl (C=O) groups is 2. The molecule has 0 fully saturated rings. The molecule has 0 saturated heterocycles. The van der Waals surface area contributed by atoms with E-state index in [1.807, 2.05) is 0 Å². The second kappa shape index (κ2) is 9.50. The van der Waals surface area contributed by atoms with E-state index in [-0.39, 0.29) is 37.9 Å². The number of nitrogens with one attached hydrogen (secondary N) is 2. The molecule has 0 unspecified atom stereocenters. The van der Waals surface area contributed by atoms with Crippen LogP contribution in [0.3, 0.4) is 0 Å². The number of fused-ring (bicyclic) bond motifs is 1. The van der Waals surface area contributed by atoms with Gasteiger partial charge in [-0.1, -0.05) is 12.1 Å². The van der Waals surface area contributed by atoms with Gasteiger partial charge >= 0.3 is 5.63 Å². The highest BCUT2D eigenvalue weighted by atomic mass is 19.1. The van der Waals surface area contributed by atoms with Gasteiger partial charge in [-0.25, -0.2) is 9.18 Å². The highest BCUT2D eigenvalue weighted by molar-refractivity contribution is 5.80. The van der Waals surface area contributed by atoms with Crippen LogP contribution in [-0.4, -0.2) is 31.5 Å². The van der Waals surface area contributed by atoms with Crippen LogP contribution in [0.15, 0.2) is 63.8 Å². The van der Waals surface area contributed by atoms with Crippen molar-refractivity contribution >= 4 is 22.8 Å². The van der Waals surface area contributed by atoms with Crippen molar-refractivity contribution in [3.8, 4) is 5.75 Å². The van der Waals surface area contributed by atoms with Crippen molar-refractivity contribution < 1.29 is 23.1 Å². The van der Waals surface area contributed by atoms with E-state index in [1.54, 1.807) is 30.3 Å². The zero-order valence-electron chi connectivity index (χ0n) is 15.4. The lowest BCUT2D eigenvalue weighted by Gasteiger charge is -2.09. The maximum absolute atomic E-state index is 13.1. The van der Waals surface area contributed by atoms with Gasteiger partial charge in [0, 0.05) is 30.6 Å². The zero-order chi connectivity index (χ0) is 20.6. The van der Waals surface area contributed by atoms with Crippen LogP contribution in [0, 0.1) is 5.82 Å². The molecule has 0 aliphatic carbocycles. The normalized spacial score (nSPS) is 10.5. The van der Waals surface area contributed by atoms with E-state index in [0.717, 1.165) is 5.39 Å². The standard InChI is InChI=1S/C21H19FN2O5/c22-16-3-1-2-14(10-16)11-19(25)23-8-9-24-20(26)13-28-17-6-4-15-5-7-21(27)29-18(15)12-17/h1-7,10,12H,8-9,11,13H2,(H,23,25)(H,24,26). The van der Waals surface area contributed by atoms with Crippen molar-refractivity contribution in [1.82, 2.24) is 10.6 Å². The molecular formula is C21H19FN2O5. The molecule has 2 N–H and O–H groups in total. The quantitative estimate of drug-likeness (QED) is 0.445. The van der Waals surface area contributed by atoms with E-state index in [9.17, 15) is 18.8 Å². The van der Waals surface area contributed by atoms with E-state index in [0.29, 0.717) is 16.9 Å². The van der Waals surface area contributed by atoms with Crippen LogP contribution in [0.2, 0.25) is 0 Å². The van der Waals surface area contributed by atoms with Crippen molar-refractivity contribution in [2.75, 3.05) is 19.7 Å². The van der Waals surface area contributed by atoms with Gasteiger partial charge in [-0.05, 0) is 35.9 Å². The third-order valence-electron chi connectivity index (χ3n) is 3.99. The second-order valence-corrected chi connectivity index (χ2v) is 6.25. The molecule has 0 bridgehead atoms. The van der Waals surface area contributed by atoms with Gasteiger partial charge in [0.25, 0.3) is 5.91 Å². The Kier molecular flexibility index (Phi) is 6.57. The summed E-state index contributed by atoms with van der Waals surface area (Å²) in [6, 6.07) is 13.7. The average Bonchev–Trinajstić information content (AvgIpc) is 2.69. The van der Waals surface area contributed by atoms with Crippen LogP contribution in [-0.2, 0) is 16.0 Å². The molecule has 2 amide bonds. The number of benzene rings is 2. The van der Waals surface area contributed by atoms with Crippen LogP contribution in [0.4, 0.5) is 4.39 Å². The highest BCUT2D eigenvalue weighted by Gasteiger charge is 2.06. The summed E-state index contributed by atoms with van der Waals surface area (Å²) in [4.78, 5) is 34.9. The minimum Gasteiger partial charge on any atom is -0.484 e. The predicted octanol–water partition coefficient (Wildman–Crippen LogP) is 1.79. The van der Waals surface area contributed by atoms with Crippen molar-refractivity contribution in [1.29, 1.82) is 0 Å². The Hall–Kier alpha value is -3.68. The minimum atomic E-state index is -0.466. The van der Waals surface area contributed by atoms with Crippen LogP contribution >= 0.6 is 0 Å². The Morgan fingerprint density at radius 1 is 0.966 bits per heavy atom. The molecule has 0 saturated carbocycles. The summed E-state index contributed by atoms with van der Waals surface area (Å²) >= 11 is 0. The summed E-state index contributed by atoms with van der Waals surface area (Å²) in [5.41, 5.74) is 0.481. The van der Waals surface area contributed by atoms with Crippen LogP contribution in [0.1, 0.15) is 5.56 Å². The number of rotatable bonds is 8. The molecule has 3 rings (SSSR count). The molecule has 0 aliphatic heterocycles. The first kappa shape index (κ1) is 20.1. The number of halogens is 1. The molecule has 0 radical (unpaired) electrons. The summed E-state index contributed by atoms with van der Waals surface area (Å²) in [6.45, 7) is 0.241. The maximum atomic E-state index is 13.1. The summed E-state index contributed by atoms with van der Waals surface area (Å²) in [7, 11) is 0. The molecule has 1 heterocycles. The highest BCUT2D eigenvalue weighted by Crippen LogP contribution is 2.19. The molecule has 0 spiro atoms. The van der Waals surface area contributed by atoms with Crippen molar-refractivity contribution in [3.63, 3.8) is 0 Å². The summed E-state index contributed by atoms with van der Waals surface area (Å²) in [5.74, 6) is -0.626. The second-order valence-electron chi connectivity index (χ2n) is 6.25. The molecule has 0 atom stereocenters. The topological polar surface area (TPSA) is 97.6 Å². The molecule has 1 aromatic heterocycles. The Balaban J connectivity index is 1.37. The number of hydrogen-bond donors (Lipinski definition) is 2. The SMILES string of the molecule is O=C(COc1ccc2ccc(=O)oc2c1)NCCNC(=O)Cc1cccc(F)c1. The van der Waals surface area contributed by atoms with Crippen LogP contribution < -0.4 is 21.0 Å². The molecule has 2 aromatic carbocycles. The van der Waals surface area contributed by atoms with Crippen molar-refractivity contribution in [2.24, 2.45) is 0 Å². The van der Waals surface area contributed by atoms with Gasteiger partial charge < -0.3 is 19.8 Å². The first-order valence-corrected chi connectivity index (χ1v) is 8.94. The first-order chi connectivity index (χ1) is 14.0. The lowest BCUT2D eigenvalue weighted by molar-refractivity contribution is -0.124. The summed E-state index contributed by atoms with van der Waals surface area (Å²) in [5, 5.41) is 6.01. The van der Waals surface area contributed by atoms with E-state index in [2.05, 4.69) is 10.6 Å². The van der Waals surface area contributed by atoms with Crippen LogP contribution in [0.25, 0.3) is 11.0 Å². The third kappa shape index (κ3) is 6.17. The number of hydrogen-bond acceptors (Lipinski definition) is 5. The number of carbonyl (C=O) groups excluding carboxylic acids is 2. The van der Waals surface area contributed by atoms with Gasteiger partial charge in [0.05, 0.1) is 6.42 Å². The fraction of sp³-hybridized carbons (Fsp3) is 0.190. The van der Waals surface area contributed by atoms with Crippen molar-refractivity contribution in [2.45, 2.75) is 6.42 Å². The largest absolute Gasteiger partial charge is 0.484 e. The molecular weight excluding hydrogens is 379 g/mol. The minimum absolute atomic E-state index is 0.0624. The van der Waals surface area contributed by atoms with Crippen LogP contribution in [0.5, 0.6) is 5.75 Å². The molecule has 0 aliphatic rings. The number of ether oxygens (including phenoxy) is 1. The summed E-state index contributed by atoms with van der Waals surface area (Å²) in [6.07, 6.45) is 0.0624. The fourth-order valence-electron chi connectivity index (χ4n) is 2.63. The van der Waals surface area contributed by atoms with Gasteiger partial charge in [0.15, 0.2) is 6.61 Å². The Bertz CT molecular complexity index is 1080. The van der Waals surface area contributed by atoms with E-state index < -0.39 is 11.4 Å². The monoisotopic (exact) mass is 398 g/mol. The smallest absolute Gasteiger partial charge is 0.336 e. The van der Waals surface area contributed by atoms with E-state index in [1.165, 1.54) is 24.3 Å². The van der Waals surface area contributed by atoms with Gasteiger partial charge in [-0.15, -0.1) is 0 Å². The molecule has 29 heavy (non-hydrogen) atoms. The molecule has 7 nitrogen and oxygen atoms in total. The Morgan fingerprint density at radius 2 is 1.72 bits per heavy atom. The van der Waals surface area contributed by atoms with Gasteiger partial charge in [0.2, 0.25) is 5.91 Å².